The Balaban J connectivity index is 1.97. The van der Waals surface area contributed by atoms with Gasteiger partial charge in [-0.25, -0.2) is 5.43 Å². The molecular formula is C16H13ClN4O5. The minimum atomic E-state index is -1.01. The zero-order chi connectivity index (χ0) is 19.1. The highest BCUT2D eigenvalue weighted by Crippen LogP contribution is 2.24. The summed E-state index contributed by atoms with van der Waals surface area (Å²) in [5, 5.41) is 16.8. The number of carbonyl (C=O) groups excluding carboxylic acids is 2. The van der Waals surface area contributed by atoms with Crippen LogP contribution in [0, 0.1) is 10.1 Å². The van der Waals surface area contributed by atoms with Gasteiger partial charge in [0.25, 0.3) is 5.69 Å². The smallest absolute Gasteiger partial charge is 0.329 e. The Bertz CT molecular complexity index is 885. The molecule has 0 unspecified atom stereocenters. The number of ether oxygens (including phenoxy) is 1. The molecule has 26 heavy (non-hydrogen) atoms. The summed E-state index contributed by atoms with van der Waals surface area (Å²) in [5.41, 5.74) is 2.44. The first-order chi connectivity index (χ1) is 12.4. The van der Waals surface area contributed by atoms with Crippen molar-refractivity contribution < 1.29 is 19.2 Å². The molecule has 0 radical (unpaired) electrons. The average molecular weight is 377 g/mol. The lowest BCUT2D eigenvalue weighted by Gasteiger charge is -2.05. The Morgan fingerprint density at radius 1 is 1.23 bits per heavy atom. The van der Waals surface area contributed by atoms with Gasteiger partial charge >= 0.3 is 11.8 Å². The van der Waals surface area contributed by atoms with Gasteiger partial charge in [-0.3, -0.25) is 19.7 Å². The molecule has 0 heterocycles. The van der Waals surface area contributed by atoms with Crippen molar-refractivity contribution >= 4 is 41.0 Å². The van der Waals surface area contributed by atoms with E-state index in [1.807, 2.05) is 5.43 Å². The van der Waals surface area contributed by atoms with Crippen LogP contribution < -0.4 is 15.5 Å². The van der Waals surface area contributed by atoms with Gasteiger partial charge in [0.15, 0.2) is 0 Å². The first kappa shape index (κ1) is 18.9. The number of benzene rings is 2. The second-order valence-corrected chi connectivity index (χ2v) is 5.26. The monoisotopic (exact) mass is 376 g/mol. The summed E-state index contributed by atoms with van der Waals surface area (Å²) in [7, 11) is 1.48. The number of nitro groups is 1. The molecule has 0 aliphatic heterocycles. The molecule has 134 valence electrons. The number of nitro benzene ring substituents is 1. The van der Waals surface area contributed by atoms with E-state index in [0.717, 1.165) is 6.21 Å². The number of hydrazone groups is 1. The van der Waals surface area contributed by atoms with Crippen molar-refractivity contribution in [2.75, 3.05) is 12.4 Å². The molecule has 0 saturated heterocycles. The maximum absolute atomic E-state index is 11.8. The van der Waals surface area contributed by atoms with Gasteiger partial charge in [-0.15, -0.1) is 0 Å². The normalized spacial score (nSPS) is 10.4. The molecule has 2 aromatic carbocycles. The summed E-state index contributed by atoms with van der Waals surface area (Å²) >= 11 is 5.70. The van der Waals surface area contributed by atoms with Gasteiger partial charge < -0.3 is 10.1 Å². The van der Waals surface area contributed by atoms with E-state index in [4.69, 9.17) is 16.3 Å². The quantitative estimate of drug-likeness (QED) is 0.359. The van der Waals surface area contributed by atoms with E-state index in [9.17, 15) is 19.7 Å². The highest BCUT2D eigenvalue weighted by molar-refractivity contribution is 6.39. The number of amides is 2. The number of rotatable bonds is 5. The van der Waals surface area contributed by atoms with Crippen LogP contribution in [-0.4, -0.2) is 30.1 Å². The first-order valence-corrected chi connectivity index (χ1v) is 7.51. The van der Waals surface area contributed by atoms with Gasteiger partial charge in [0.05, 0.1) is 18.2 Å². The highest BCUT2D eigenvalue weighted by Gasteiger charge is 2.14. The molecule has 0 aromatic heterocycles. The molecule has 2 rings (SSSR count). The predicted molar refractivity (Wildman–Crippen MR) is 95.5 cm³/mol. The lowest BCUT2D eigenvalue weighted by molar-refractivity contribution is -0.384. The van der Waals surface area contributed by atoms with Crippen molar-refractivity contribution in [1.29, 1.82) is 0 Å². The largest absolute Gasteiger partial charge is 0.497 e. The predicted octanol–water partition coefficient (Wildman–Crippen LogP) is 2.35. The zero-order valence-electron chi connectivity index (χ0n) is 13.4. The Labute approximate surface area is 152 Å². The van der Waals surface area contributed by atoms with Crippen LogP contribution in [0.15, 0.2) is 47.6 Å². The van der Waals surface area contributed by atoms with Crippen molar-refractivity contribution in [2.45, 2.75) is 0 Å². The number of methoxy groups -OCH3 is 1. The minimum absolute atomic E-state index is 0.0196. The number of hydrogen-bond acceptors (Lipinski definition) is 6. The molecule has 0 bridgehead atoms. The Morgan fingerprint density at radius 3 is 2.69 bits per heavy atom. The average Bonchev–Trinajstić information content (AvgIpc) is 2.62. The van der Waals surface area contributed by atoms with Gasteiger partial charge in [-0.2, -0.15) is 5.10 Å². The molecule has 0 aliphatic rings. The Hall–Kier alpha value is -3.46. The molecule has 0 aliphatic carbocycles. The number of anilines is 1. The molecule has 0 atom stereocenters. The fraction of sp³-hybridized carbons (Fsp3) is 0.0625. The van der Waals surface area contributed by atoms with Gasteiger partial charge in [-0.05, 0) is 18.2 Å². The van der Waals surface area contributed by atoms with Gasteiger partial charge in [0, 0.05) is 23.4 Å². The van der Waals surface area contributed by atoms with Gasteiger partial charge in [-0.1, -0.05) is 23.7 Å². The van der Waals surface area contributed by atoms with Crippen molar-refractivity contribution in [3.05, 3.63) is 63.2 Å². The summed E-state index contributed by atoms with van der Waals surface area (Å²) in [6.45, 7) is 0. The molecule has 2 aromatic rings. The van der Waals surface area contributed by atoms with Crippen LogP contribution in [0.5, 0.6) is 5.75 Å². The van der Waals surface area contributed by atoms with E-state index < -0.39 is 16.7 Å². The maximum atomic E-state index is 11.8. The topological polar surface area (TPSA) is 123 Å². The number of halogens is 1. The third-order valence-electron chi connectivity index (χ3n) is 3.08. The van der Waals surface area contributed by atoms with Crippen molar-refractivity contribution in [1.82, 2.24) is 5.43 Å². The van der Waals surface area contributed by atoms with E-state index in [1.165, 1.54) is 25.3 Å². The second-order valence-electron chi connectivity index (χ2n) is 4.85. The van der Waals surface area contributed by atoms with Crippen LogP contribution in [0.3, 0.4) is 0 Å². The third kappa shape index (κ3) is 5.02. The fourth-order valence-corrected chi connectivity index (χ4v) is 2.04. The van der Waals surface area contributed by atoms with Crippen molar-refractivity contribution in [3.63, 3.8) is 0 Å². The molecule has 10 heteroatoms. The van der Waals surface area contributed by atoms with E-state index in [0.29, 0.717) is 17.0 Å². The number of nitrogens with one attached hydrogen (secondary N) is 2. The van der Waals surface area contributed by atoms with E-state index in [2.05, 4.69) is 10.4 Å². The summed E-state index contributed by atoms with van der Waals surface area (Å²) < 4.78 is 5.01. The SMILES string of the molecule is COc1cccc(NC(=O)C(=O)N/N=C\c2ccc(Cl)c([N+](=O)[O-])c2)c1. The van der Waals surface area contributed by atoms with Crippen LogP contribution in [0.4, 0.5) is 11.4 Å². The molecule has 0 saturated carbocycles. The van der Waals surface area contributed by atoms with Crippen molar-refractivity contribution in [3.8, 4) is 5.75 Å². The molecule has 2 N–H and O–H groups in total. The van der Waals surface area contributed by atoms with E-state index in [-0.39, 0.29) is 10.7 Å². The zero-order valence-corrected chi connectivity index (χ0v) is 14.2. The van der Waals surface area contributed by atoms with Crippen LogP contribution in [0.25, 0.3) is 0 Å². The molecular weight excluding hydrogens is 364 g/mol. The highest BCUT2D eigenvalue weighted by atomic mass is 35.5. The standard InChI is InChI=1S/C16H13ClN4O5/c1-26-12-4-2-3-11(8-12)19-15(22)16(23)20-18-9-10-5-6-13(17)14(7-10)21(24)25/h2-9H,1H3,(H,19,22)(H,20,23)/b18-9-. The van der Waals surface area contributed by atoms with Gasteiger partial charge in [0.2, 0.25) is 0 Å². The number of carbonyl (C=O) groups is 2. The molecule has 9 nitrogen and oxygen atoms in total. The first-order valence-electron chi connectivity index (χ1n) is 7.13. The fourth-order valence-electron chi connectivity index (χ4n) is 1.85. The molecule has 2 amide bonds. The summed E-state index contributed by atoms with van der Waals surface area (Å²) in [5.74, 6) is -1.42. The molecule has 0 fully saturated rings. The number of hydrogen-bond donors (Lipinski definition) is 2. The summed E-state index contributed by atoms with van der Waals surface area (Å²) in [6.07, 6.45) is 1.15. The lowest BCUT2D eigenvalue weighted by atomic mass is 10.2. The van der Waals surface area contributed by atoms with Crippen LogP contribution in [0.2, 0.25) is 5.02 Å². The lowest BCUT2D eigenvalue weighted by Crippen LogP contribution is -2.32. The van der Waals surface area contributed by atoms with E-state index in [1.54, 1.807) is 24.3 Å². The van der Waals surface area contributed by atoms with Crippen LogP contribution >= 0.6 is 11.6 Å². The van der Waals surface area contributed by atoms with Crippen LogP contribution in [0.1, 0.15) is 5.56 Å². The van der Waals surface area contributed by atoms with Crippen LogP contribution in [-0.2, 0) is 9.59 Å². The summed E-state index contributed by atoms with van der Waals surface area (Å²) in [6, 6.07) is 10.5. The third-order valence-corrected chi connectivity index (χ3v) is 3.40. The minimum Gasteiger partial charge on any atom is -0.497 e. The van der Waals surface area contributed by atoms with E-state index >= 15 is 0 Å². The van der Waals surface area contributed by atoms with Crippen molar-refractivity contribution in [2.24, 2.45) is 5.10 Å². The summed E-state index contributed by atoms with van der Waals surface area (Å²) in [4.78, 5) is 33.7. The maximum Gasteiger partial charge on any atom is 0.329 e. The molecule has 0 spiro atoms. The number of nitrogens with zero attached hydrogens (tertiary/aromatic N) is 2. The Morgan fingerprint density at radius 2 is 2.00 bits per heavy atom. The second kappa shape index (κ2) is 8.58. The Kier molecular flexibility index (Phi) is 6.23. The van der Waals surface area contributed by atoms with Gasteiger partial charge in [0.1, 0.15) is 10.8 Å².